The Hall–Kier alpha value is -3.93. The molecule has 3 saturated carbocycles. The minimum atomic E-state index is -2.34. The van der Waals surface area contributed by atoms with Gasteiger partial charge in [0.1, 0.15) is 12.8 Å². The Morgan fingerprint density at radius 1 is 1.05 bits per heavy atom. The van der Waals surface area contributed by atoms with Gasteiger partial charge in [0.15, 0.2) is 29.1 Å². The Kier molecular flexibility index (Phi) is 13.8. The molecular weight excluding hydrogens is 855 g/mol. The Balaban J connectivity index is 0.981. The number of aliphatic hydroxyl groups excluding tert-OH is 2. The van der Waals surface area contributed by atoms with E-state index < -0.39 is 93.9 Å². The molecule has 340 valence electrons. The van der Waals surface area contributed by atoms with Gasteiger partial charge in [-0.05, 0) is 86.6 Å². The van der Waals surface area contributed by atoms with E-state index >= 15 is 8.78 Å². The Labute approximate surface area is 374 Å². The van der Waals surface area contributed by atoms with Crippen LogP contribution in [0.3, 0.4) is 0 Å². The fourth-order valence-corrected chi connectivity index (χ4v) is 13.2. The smallest absolute Gasteiger partial charge is 0.305 e. The number of Topliss-reactive ketones (excluding diaryl/α,β-unsaturated/α-hetero) is 1. The van der Waals surface area contributed by atoms with E-state index in [1.165, 1.54) is 42.6 Å². The highest BCUT2D eigenvalue weighted by molar-refractivity contribution is 8.01. The number of nitrogens with one attached hydrogen (secondary N) is 2. The van der Waals surface area contributed by atoms with Crippen molar-refractivity contribution < 1.29 is 57.5 Å². The number of ketones is 2. The summed E-state index contributed by atoms with van der Waals surface area (Å²) in [4.78, 5) is 64.8. The lowest BCUT2D eigenvalue weighted by atomic mass is 9.44. The zero-order chi connectivity index (χ0) is 45.5. The molecule has 4 aliphatic carbocycles. The average Bonchev–Trinajstić information content (AvgIpc) is 3.74. The molecule has 0 spiro atoms. The van der Waals surface area contributed by atoms with Gasteiger partial charge in [-0.3, -0.25) is 24.0 Å². The average molecular weight is 911 g/mol. The quantitative estimate of drug-likeness (QED) is 0.109. The summed E-state index contributed by atoms with van der Waals surface area (Å²) >= 11 is 2.77. The molecule has 63 heavy (non-hydrogen) atoms. The van der Waals surface area contributed by atoms with Gasteiger partial charge in [-0.2, -0.15) is 0 Å². The maximum absolute atomic E-state index is 17.7. The van der Waals surface area contributed by atoms with Gasteiger partial charge >= 0.3 is 5.97 Å². The van der Waals surface area contributed by atoms with Crippen molar-refractivity contribution in [3.63, 3.8) is 0 Å². The lowest BCUT2D eigenvalue weighted by Gasteiger charge is -2.63. The number of alkyl halides is 2. The van der Waals surface area contributed by atoms with Crippen LogP contribution >= 0.6 is 23.5 Å². The summed E-state index contributed by atoms with van der Waals surface area (Å²) in [7, 11) is 0. The number of anilines is 1. The first-order valence-electron chi connectivity index (χ1n) is 21.7. The highest BCUT2D eigenvalue weighted by Gasteiger charge is 2.80. The summed E-state index contributed by atoms with van der Waals surface area (Å²) < 4.78 is 46.8. The number of thioether (sulfide) groups is 1. The number of aliphatic hydroxyl groups is 2. The van der Waals surface area contributed by atoms with Gasteiger partial charge in [-0.15, -0.1) is 11.8 Å². The predicted molar refractivity (Wildman–Crippen MR) is 233 cm³/mol. The summed E-state index contributed by atoms with van der Waals surface area (Å²) in [5, 5.41) is 36.4. The molecule has 3 unspecified atom stereocenters. The number of ether oxygens (including phenoxy) is 2. The topological polar surface area (TPSA) is 189 Å². The van der Waals surface area contributed by atoms with E-state index in [-0.39, 0.29) is 55.4 Å². The molecule has 12 nitrogen and oxygen atoms in total. The molecule has 0 aromatic heterocycles. The van der Waals surface area contributed by atoms with Gasteiger partial charge in [0.05, 0.1) is 23.9 Å². The molecule has 2 aromatic carbocycles. The number of carboxylic acids is 1. The van der Waals surface area contributed by atoms with Crippen LogP contribution in [0.1, 0.15) is 90.9 Å². The minimum Gasteiger partial charge on any atom is -0.481 e. The molecule has 16 heteroatoms. The number of amides is 2. The highest BCUT2D eigenvalue weighted by atomic mass is 32.2. The second kappa shape index (κ2) is 18.5. The monoisotopic (exact) mass is 910 g/mol. The number of allylic oxidation sites excluding steroid dienone is 4. The molecule has 5 N–H and O–H groups in total. The zero-order valence-corrected chi connectivity index (χ0v) is 37.4. The second-order valence-electron chi connectivity index (χ2n) is 18.0. The number of carbonyl (C=O) groups is 5. The zero-order valence-electron chi connectivity index (χ0n) is 35.8. The molecule has 1 saturated heterocycles. The summed E-state index contributed by atoms with van der Waals surface area (Å²) in [5.41, 5.74) is -5.78. The standard InChI is InChI=1S/C47H56F2N2O10S2/c1-5-6-8-26(2)62-36(23-41(57)58)42(59)50-18-16-40(56)51-28-9-7-10-31(19-28)63-30-13-11-27(12-14-30)43-60-39-22-32-33-21-35(48)34-20-29(53)15-17-44(34,3)46(33,49)37(54)24-45(32,4)47(39,61-43)38(55)25-52/h7,9-15,17,19-20,26,32-33,35-37,39,43,52,54H,5-6,8,16,18,21-25H2,1-4H3,(H,50,59)(H,51,56)(H,57,58)/t26?,32?,33-,35-,36?,37-,39+,43+,44-,45-,46-,47+/m0/s1. The molecule has 1 heterocycles. The van der Waals surface area contributed by atoms with Crippen LogP contribution in [0, 0.1) is 22.7 Å². The fraction of sp³-hybridized carbons (Fsp3) is 0.553. The van der Waals surface area contributed by atoms with E-state index in [1.54, 1.807) is 31.2 Å². The van der Waals surface area contributed by atoms with Crippen LogP contribution in [0.2, 0.25) is 0 Å². The SMILES string of the molecule is CCCCC(C)SC(CC(=O)O)C(=O)NCCC(=O)Nc1cccc(Sc2ccc([C@@H]3O[C@@H]4CC5[C@@H]6C[C@H](F)C7=CC(=O)C=C[C@]7(C)[C@@]6(F)[C@@H](O)C[C@]5(C)[C@]4(C(=O)CO)O3)cc2)c1. The molecule has 4 fully saturated rings. The Bertz CT molecular complexity index is 2170. The van der Waals surface area contributed by atoms with Gasteiger partial charge in [-0.25, -0.2) is 8.78 Å². The normalized spacial score (nSPS) is 33.8. The van der Waals surface area contributed by atoms with Crippen molar-refractivity contribution in [2.24, 2.45) is 22.7 Å². The third kappa shape index (κ3) is 8.56. The van der Waals surface area contributed by atoms with E-state index in [9.17, 15) is 39.3 Å². The minimum absolute atomic E-state index is 0.00637. The van der Waals surface area contributed by atoms with Crippen molar-refractivity contribution in [3.05, 3.63) is 77.9 Å². The Morgan fingerprint density at radius 3 is 2.49 bits per heavy atom. The first kappa shape index (κ1) is 47.0. The predicted octanol–water partition coefficient (Wildman–Crippen LogP) is 7.08. The summed E-state index contributed by atoms with van der Waals surface area (Å²) in [6.45, 7) is 6.48. The van der Waals surface area contributed by atoms with Crippen molar-refractivity contribution in [3.8, 4) is 0 Å². The van der Waals surface area contributed by atoms with Crippen LogP contribution in [0.15, 0.2) is 82.1 Å². The molecule has 5 aliphatic rings. The first-order valence-corrected chi connectivity index (χ1v) is 23.4. The summed E-state index contributed by atoms with van der Waals surface area (Å²) in [6.07, 6.45) is 0.655. The molecule has 0 bridgehead atoms. The van der Waals surface area contributed by atoms with Crippen molar-refractivity contribution in [2.75, 3.05) is 18.5 Å². The van der Waals surface area contributed by atoms with Gasteiger partial charge < -0.3 is 35.4 Å². The molecule has 2 amide bonds. The van der Waals surface area contributed by atoms with Crippen molar-refractivity contribution >= 4 is 58.6 Å². The van der Waals surface area contributed by atoms with Crippen LogP contribution in [0.4, 0.5) is 14.5 Å². The van der Waals surface area contributed by atoms with Crippen molar-refractivity contribution in [2.45, 2.75) is 135 Å². The number of halogens is 2. The number of hydrogen-bond donors (Lipinski definition) is 5. The van der Waals surface area contributed by atoms with Crippen LogP contribution in [-0.4, -0.2) is 98.0 Å². The molecule has 2 aromatic rings. The van der Waals surface area contributed by atoms with Gasteiger partial charge in [0.2, 0.25) is 11.8 Å². The number of rotatable bonds is 17. The summed E-state index contributed by atoms with van der Waals surface area (Å²) in [5.74, 6) is -4.59. The second-order valence-corrected chi connectivity index (χ2v) is 20.7. The molecule has 0 radical (unpaired) electrons. The van der Waals surface area contributed by atoms with Crippen LogP contribution in [0.5, 0.6) is 0 Å². The van der Waals surface area contributed by atoms with E-state index in [0.29, 0.717) is 11.3 Å². The third-order valence-corrected chi connectivity index (χ3v) is 16.5. The highest BCUT2D eigenvalue weighted by Crippen LogP contribution is 2.72. The maximum Gasteiger partial charge on any atom is 0.305 e. The van der Waals surface area contributed by atoms with Crippen LogP contribution < -0.4 is 10.6 Å². The summed E-state index contributed by atoms with van der Waals surface area (Å²) in [6, 6.07) is 14.5. The number of benzene rings is 2. The number of unbranched alkanes of at least 4 members (excludes halogenated alkanes) is 1. The number of hydrogen-bond acceptors (Lipinski definition) is 11. The van der Waals surface area contributed by atoms with Crippen LogP contribution in [0.25, 0.3) is 0 Å². The number of fused-ring (bicyclic) bond motifs is 7. The van der Waals surface area contributed by atoms with Crippen molar-refractivity contribution in [1.82, 2.24) is 5.32 Å². The Morgan fingerprint density at radius 2 is 1.79 bits per heavy atom. The number of aliphatic carboxylic acids is 1. The third-order valence-electron chi connectivity index (χ3n) is 14.1. The first-order chi connectivity index (χ1) is 29.9. The number of carboxylic acid groups (broad SMARTS) is 1. The van der Waals surface area contributed by atoms with Crippen LogP contribution in [-0.2, 0) is 33.4 Å². The van der Waals surface area contributed by atoms with E-state index in [4.69, 9.17) is 9.47 Å². The molecule has 7 rings (SSSR count). The molecular formula is C47H56F2N2O10S2. The van der Waals surface area contributed by atoms with E-state index in [0.717, 1.165) is 35.1 Å². The lowest BCUT2D eigenvalue weighted by Crippen LogP contribution is -2.70. The molecule has 1 aliphatic heterocycles. The van der Waals surface area contributed by atoms with Gasteiger partial charge in [0.25, 0.3) is 0 Å². The van der Waals surface area contributed by atoms with Gasteiger partial charge in [-0.1, -0.05) is 69.6 Å². The fourth-order valence-electron chi connectivity index (χ4n) is 11.0. The number of carbonyl (C=O) groups excluding carboxylic acids is 4. The largest absolute Gasteiger partial charge is 0.481 e. The van der Waals surface area contributed by atoms with E-state index in [2.05, 4.69) is 17.6 Å². The maximum atomic E-state index is 17.7. The van der Waals surface area contributed by atoms with E-state index in [1.807, 2.05) is 31.2 Å². The lowest BCUT2D eigenvalue weighted by molar-refractivity contribution is -0.235. The van der Waals surface area contributed by atoms with Gasteiger partial charge in [0, 0.05) is 56.0 Å². The van der Waals surface area contributed by atoms with Crippen molar-refractivity contribution in [1.29, 1.82) is 0 Å². The molecule has 12 atom stereocenters.